The fourth-order valence-electron chi connectivity index (χ4n) is 3.77. The Kier molecular flexibility index (Phi) is 7.02. The number of aliphatic carboxylic acids is 1. The SMILES string of the molecule is Cl.O=C(O)c1ccc(Cl)cc1S[C@H]1CC[C@H]2CN[C@H](C(=O)O)C[C@@H]2C1. The van der Waals surface area contributed by atoms with E-state index in [1.165, 1.54) is 0 Å². The normalized spacial score (nSPS) is 28.5. The van der Waals surface area contributed by atoms with Crippen LogP contribution < -0.4 is 5.32 Å². The lowest BCUT2D eigenvalue weighted by atomic mass is 9.73. The highest BCUT2D eigenvalue weighted by molar-refractivity contribution is 8.00. The number of carboxylic acids is 2. The number of carbonyl (C=O) groups is 2. The highest BCUT2D eigenvalue weighted by Crippen LogP contribution is 2.43. The van der Waals surface area contributed by atoms with Gasteiger partial charge in [-0.2, -0.15) is 0 Å². The molecule has 5 nitrogen and oxygen atoms in total. The summed E-state index contributed by atoms with van der Waals surface area (Å²) < 4.78 is 0. The lowest BCUT2D eigenvalue weighted by Gasteiger charge is -2.41. The second kappa shape index (κ2) is 8.62. The fraction of sp³-hybridized carbons (Fsp3) is 0.529. The third-order valence-electron chi connectivity index (χ3n) is 5.02. The number of thioether (sulfide) groups is 1. The molecule has 0 spiro atoms. The fourth-order valence-corrected chi connectivity index (χ4v) is 5.44. The van der Waals surface area contributed by atoms with Gasteiger partial charge in [0.15, 0.2) is 0 Å². The summed E-state index contributed by atoms with van der Waals surface area (Å²) in [7, 11) is 0. The van der Waals surface area contributed by atoms with Crippen molar-refractivity contribution in [3.63, 3.8) is 0 Å². The van der Waals surface area contributed by atoms with E-state index in [-0.39, 0.29) is 18.0 Å². The summed E-state index contributed by atoms with van der Waals surface area (Å²) in [4.78, 5) is 23.3. The van der Waals surface area contributed by atoms with E-state index < -0.39 is 18.0 Å². The van der Waals surface area contributed by atoms with Gasteiger partial charge in [-0.3, -0.25) is 4.79 Å². The lowest BCUT2D eigenvalue weighted by Crippen LogP contribution is -2.49. The zero-order chi connectivity index (χ0) is 17.3. The molecule has 8 heteroatoms. The molecule has 1 aliphatic heterocycles. The van der Waals surface area contributed by atoms with Crippen molar-refractivity contribution >= 4 is 47.7 Å². The number of aromatic carboxylic acids is 1. The third kappa shape index (κ3) is 4.82. The van der Waals surface area contributed by atoms with Crippen LogP contribution >= 0.6 is 35.8 Å². The summed E-state index contributed by atoms with van der Waals surface area (Å²) in [5, 5.41) is 22.5. The van der Waals surface area contributed by atoms with Gasteiger partial charge in [0.25, 0.3) is 0 Å². The van der Waals surface area contributed by atoms with Crippen LogP contribution in [0, 0.1) is 11.8 Å². The van der Waals surface area contributed by atoms with Gasteiger partial charge < -0.3 is 15.5 Å². The van der Waals surface area contributed by atoms with Gasteiger partial charge in [-0.05, 0) is 62.3 Å². The summed E-state index contributed by atoms with van der Waals surface area (Å²) in [5.74, 6) is -0.830. The number of carboxylic acid groups (broad SMARTS) is 2. The molecule has 1 aliphatic carbocycles. The van der Waals surface area contributed by atoms with Crippen LogP contribution in [0.3, 0.4) is 0 Å². The summed E-state index contributed by atoms with van der Waals surface area (Å²) >= 11 is 7.59. The zero-order valence-electron chi connectivity index (χ0n) is 13.5. The first-order valence-electron chi connectivity index (χ1n) is 8.09. The molecule has 0 unspecified atom stereocenters. The lowest BCUT2D eigenvalue weighted by molar-refractivity contribution is -0.141. The first kappa shape index (κ1) is 20.4. The van der Waals surface area contributed by atoms with Crippen LogP contribution in [0.2, 0.25) is 5.02 Å². The molecular weight excluding hydrogens is 385 g/mol. The maximum absolute atomic E-state index is 11.4. The molecule has 25 heavy (non-hydrogen) atoms. The minimum atomic E-state index is -0.948. The predicted molar refractivity (Wildman–Crippen MR) is 100 cm³/mol. The van der Waals surface area contributed by atoms with E-state index in [4.69, 9.17) is 11.6 Å². The van der Waals surface area contributed by atoms with E-state index in [9.17, 15) is 19.8 Å². The average Bonchev–Trinajstić information content (AvgIpc) is 2.54. The first-order chi connectivity index (χ1) is 11.4. The molecule has 2 aliphatic rings. The molecule has 0 aromatic heterocycles. The van der Waals surface area contributed by atoms with E-state index in [0.29, 0.717) is 33.4 Å². The van der Waals surface area contributed by atoms with Crippen molar-refractivity contribution in [3.05, 3.63) is 28.8 Å². The molecule has 4 atom stereocenters. The van der Waals surface area contributed by atoms with Gasteiger partial charge in [0.05, 0.1) is 5.56 Å². The summed E-state index contributed by atoms with van der Waals surface area (Å²) in [5.41, 5.74) is 0.278. The van der Waals surface area contributed by atoms with E-state index in [1.54, 1.807) is 30.0 Å². The number of fused-ring (bicyclic) bond motifs is 1. The van der Waals surface area contributed by atoms with Crippen LogP contribution in [0.4, 0.5) is 0 Å². The molecule has 3 rings (SSSR count). The van der Waals surface area contributed by atoms with Crippen LogP contribution in [0.25, 0.3) is 0 Å². The molecule has 2 fully saturated rings. The van der Waals surface area contributed by atoms with Crippen molar-refractivity contribution in [2.75, 3.05) is 6.54 Å². The second-order valence-corrected chi connectivity index (χ2v) is 8.33. The van der Waals surface area contributed by atoms with E-state index in [2.05, 4.69) is 5.32 Å². The summed E-state index contributed by atoms with van der Waals surface area (Å²) in [6.45, 7) is 0.760. The average molecular weight is 406 g/mol. The van der Waals surface area contributed by atoms with Crippen molar-refractivity contribution in [1.82, 2.24) is 5.32 Å². The molecule has 1 saturated heterocycles. The Morgan fingerprint density at radius 2 is 1.92 bits per heavy atom. The van der Waals surface area contributed by atoms with Gasteiger partial charge in [-0.25, -0.2) is 4.79 Å². The molecular formula is C17H21Cl2NO4S. The Bertz CT molecular complexity index is 658. The number of benzene rings is 1. The summed E-state index contributed by atoms with van der Waals surface area (Å²) in [6, 6.07) is 4.39. The van der Waals surface area contributed by atoms with Crippen molar-refractivity contribution in [2.45, 2.75) is 41.9 Å². The molecule has 0 bridgehead atoms. The highest BCUT2D eigenvalue weighted by Gasteiger charge is 2.38. The van der Waals surface area contributed by atoms with Crippen molar-refractivity contribution < 1.29 is 19.8 Å². The Morgan fingerprint density at radius 3 is 2.60 bits per heavy atom. The number of nitrogens with one attached hydrogen (secondary N) is 1. The van der Waals surface area contributed by atoms with Crippen LogP contribution in [0.15, 0.2) is 23.1 Å². The molecule has 0 amide bonds. The molecule has 3 N–H and O–H groups in total. The van der Waals surface area contributed by atoms with Gasteiger partial charge in [-0.15, -0.1) is 24.2 Å². The Labute approximate surface area is 161 Å². The van der Waals surface area contributed by atoms with Crippen LogP contribution in [-0.2, 0) is 4.79 Å². The van der Waals surface area contributed by atoms with E-state index in [0.717, 1.165) is 25.8 Å². The number of rotatable bonds is 4. The second-order valence-electron chi connectivity index (χ2n) is 6.55. The maximum atomic E-state index is 11.4. The largest absolute Gasteiger partial charge is 0.480 e. The van der Waals surface area contributed by atoms with Crippen LogP contribution in [0.5, 0.6) is 0 Å². The monoisotopic (exact) mass is 405 g/mol. The van der Waals surface area contributed by atoms with Gasteiger partial charge >= 0.3 is 11.9 Å². The van der Waals surface area contributed by atoms with Gasteiger partial charge in [-0.1, -0.05) is 11.6 Å². The molecule has 1 heterocycles. The molecule has 138 valence electrons. The van der Waals surface area contributed by atoms with Crippen LogP contribution in [-0.4, -0.2) is 40.0 Å². The van der Waals surface area contributed by atoms with Gasteiger partial charge in [0.1, 0.15) is 6.04 Å². The van der Waals surface area contributed by atoms with Crippen molar-refractivity contribution in [1.29, 1.82) is 0 Å². The smallest absolute Gasteiger partial charge is 0.336 e. The number of hydrogen-bond acceptors (Lipinski definition) is 4. The number of hydrogen-bond donors (Lipinski definition) is 3. The van der Waals surface area contributed by atoms with Gasteiger partial charge in [0.2, 0.25) is 0 Å². The van der Waals surface area contributed by atoms with Crippen molar-refractivity contribution in [2.24, 2.45) is 11.8 Å². The topological polar surface area (TPSA) is 86.6 Å². The standard InChI is InChI=1S/C17H20ClNO4S.ClH/c18-11-2-4-13(16(20)21)15(7-11)24-12-3-1-9-8-19-14(17(22)23)6-10(9)5-12;/h2,4,7,9-10,12,14,19H,1,3,5-6,8H2,(H,20,21)(H,22,23);1H/t9-,10-,12-,14-;/m0./s1. The summed E-state index contributed by atoms with van der Waals surface area (Å²) in [6.07, 6.45) is 3.63. The Hall–Kier alpha value is -0.950. The Morgan fingerprint density at radius 1 is 1.16 bits per heavy atom. The molecule has 0 radical (unpaired) electrons. The van der Waals surface area contributed by atoms with Crippen LogP contribution in [0.1, 0.15) is 36.0 Å². The number of piperidine rings is 1. The molecule has 1 aromatic rings. The molecule has 1 saturated carbocycles. The molecule has 1 aromatic carbocycles. The predicted octanol–water partition coefficient (Wildman–Crippen LogP) is 3.78. The van der Waals surface area contributed by atoms with E-state index in [1.807, 2.05) is 0 Å². The maximum Gasteiger partial charge on any atom is 0.336 e. The minimum absolute atomic E-state index is 0. The Balaban J connectivity index is 0.00000225. The zero-order valence-corrected chi connectivity index (χ0v) is 15.9. The first-order valence-corrected chi connectivity index (χ1v) is 9.35. The van der Waals surface area contributed by atoms with E-state index >= 15 is 0 Å². The number of halogens is 2. The van der Waals surface area contributed by atoms with Gasteiger partial charge in [0, 0.05) is 15.2 Å². The van der Waals surface area contributed by atoms with Crippen molar-refractivity contribution in [3.8, 4) is 0 Å². The highest BCUT2D eigenvalue weighted by atomic mass is 35.5. The minimum Gasteiger partial charge on any atom is -0.480 e. The quantitative estimate of drug-likeness (QED) is 0.706. The third-order valence-corrected chi connectivity index (χ3v) is 6.61.